The van der Waals surface area contributed by atoms with Gasteiger partial charge in [-0.2, -0.15) is 0 Å². The van der Waals surface area contributed by atoms with Crippen LogP contribution in [0, 0.1) is 11.8 Å². The van der Waals surface area contributed by atoms with Crippen LogP contribution in [-0.2, 0) is 4.79 Å². The van der Waals surface area contributed by atoms with Crippen LogP contribution in [0.4, 0.5) is 0 Å². The Bertz CT molecular complexity index is 253. The molecule has 2 saturated heterocycles. The van der Waals surface area contributed by atoms with Crippen LogP contribution >= 0.6 is 0 Å². The number of piperazine rings is 1. The van der Waals surface area contributed by atoms with Crippen molar-refractivity contribution in [3.63, 3.8) is 0 Å². The van der Waals surface area contributed by atoms with E-state index in [9.17, 15) is 4.79 Å². The molecule has 1 N–H and O–H groups in total. The molecule has 0 aromatic carbocycles. The van der Waals surface area contributed by atoms with Gasteiger partial charge in [-0.1, -0.05) is 13.8 Å². The van der Waals surface area contributed by atoms with Crippen molar-refractivity contribution in [2.24, 2.45) is 11.8 Å². The van der Waals surface area contributed by atoms with Gasteiger partial charge in [0.25, 0.3) is 0 Å². The normalized spacial score (nSPS) is 30.8. The Morgan fingerprint density at radius 2 is 1.76 bits per heavy atom. The van der Waals surface area contributed by atoms with Crippen LogP contribution in [0.2, 0.25) is 0 Å². The predicted molar refractivity (Wildman–Crippen MR) is 68.8 cm³/mol. The van der Waals surface area contributed by atoms with Crippen molar-refractivity contribution in [3.05, 3.63) is 0 Å². The van der Waals surface area contributed by atoms with E-state index in [2.05, 4.69) is 24.1 Å². The van der Waals surface area contributed by atoms with Crippen molar-refractivity contribution in [3.8, 4) is 0 Å². The Morgan fingerprint density at radius 3 is 2.35 bits per heavy atom. The molecule has 0 aromatic heterocycles. The van der Waals surface area contributed by atoms with Gasteiger partial charge in [-0.3, -0.25) is 4.79 Å². The average molecular weight is 239 g/mol. The summed E-state index contributed by atoms with van der Waals surface area (Å²) < 4.78 is 0. The molecular weight excluding hydrogens is 214 g/mol. The van der Waals surface area contributed by atoms with Gasteiger partial charge < -0.3 is 15.1 Å². The number of carbonyl (C=O) groups is 1. The minimum absolute atomic E-state index is 0.332. The smallest absolute Gasteiger partial charge is 0.223 e. The zero-order chi connectivity index (χ0) is 12.3. The lowest BCUT2D eigenvalue weighted by atomic mass is 10.0. The number of carbonyl (C=O) groups excluding carboxylic acids is 1. The lowest BCUT2D eigenvalue weighted by Crippen LogP contribution is -2.47. The molecule has 2 heterocycles. The number of nitrogens with one attached hydrogen (secondary N) is 1. The topological polar surface area (TPSA) is 35.6 Å². The predicted octanol–water partition coefficient (Wildman–Crippen LogP) is 0.396. The molecule has 4 heteroatoms. The van der Waals surface area contributed by atoms with Crippen molar-refractivity contribution in [1.29, 1.82) is 0 Å². The maximum atomic E-state index is 12.0. The molecule has 2 fully saturated rings. The molecule has 0 aliphatic carbocycles. The first kappa shape index (κ1) is 12.8. The van der Waals surface area contributed by atoms with Crippen LogP contribution in [0.15, 0.2) is 0 Å². The van der Waals surface area contributed by atoms with Crippen molar-refractivity contribution in [2.75, 3.05) is 45.8 Å². The summed E-state index contributed by atoms with van der Waals surface area (Å²) >= 11 is 0. The van der Waals surface area contributed by atoms with Crippen molar-refractivity contribution < 1.29 is 4.79 Å². The second kappa shape index (κ2) is 5.83. The van der Waals surface area contributed by atoms with Crippen LogP contribution in [0.25, 0.3) is 0 Å². The molecule has 0 saturated carbocycles. The first-order valence-corrected chi connectivity index (χ1v) is 6.87. The highest BCUT2D eigenvalue weighted by molar-refractivity contribution is 5.76. The van der Waals surface area contributed by atoms with Gasteiger partial charge in [0.1, 0.15) is 0 Å². The SMILES string of the molecule is CC1CN(CCC(=O)N2CCNCC2)CC1C. The van der Waals surface area contributed by atoms with Crippen LogP contribution in [0.3, 0.4) is 0 Å². The van der Waals surface area contributed by atoms with Gasteiger partial charge in [0.15, 0.2) is 0 Å². The van der Waals surface area contributed by atoms with E-state index in [0.29, 0.717) is 12.3 Å². The number of rotatable bonds is 3. The zero-order valence-electron chi connectivity index (χ0n) is 11.1. The number of amides is 1. The quantitative estimate of drug-likeness (QED) is 0.774. The lowest BCUT2D eigenvalue weighted by molar-refractivity contribution is -0.132. The van der Waals surface area contributed by atoms with Crippen molar-refractivity contribution in [1.82, 2.24) is 15.1 Å². The van der Waals surface area contributed by atoms with Crippen LogP contribution < -0.4 is 5.32 Å². The summed E-state index contributed by atoms with van der Waals surface area (Å²) in [4.78, 5) is 16.4. The van der Waals surface area contributed by atoms with Gasteiger partial charge in [0, 0.05) is 52.2 Å². The Labute approximate surface area is 104 Å². The molecule has 2 atom stereocenters. The van der Waals surface area contributed by atoms with Gasteiger partial charge in [0.2, 0.25) is 5.91 Å². The van der Waals surface area contributed by atoms with E-state index in [1.165, 1.54) is 0 Å². The first-order valence-electron chi connectivity index (χ1n) is 6.87. The monoisotopic (exact) mass is 239 g/mol. The van der Waals surface area contributed by atoms with Gasteiger partial charge in [-0.15, -0.1) is 0 Å². The zero-order valence-corrected chi connectivity index (χ0v) is 11.1. The van der Waals surface area contributed by atoms with E-state index in [-0.39, 0.29) is 0 Å². The summed E-state index contributed by atoms with van der Waals surface area (Å²) in [5, 5.41) is 3.27. The van der Waals surface area contributed by atoms with Crippen molar-refractivity contribution in [2.45, 2.75) is 20.3 Å². The Morgan fingerprint density at radius 1 is 1.18 bits per heavy atom. The Kier molecular flexibility index (Phi) is 4.40. The number of nitrogens with zero attached hydrogens (tertiary/aromatic N) is 2. The maximum absolute atomic E-state index is 12.0. The van der Waals surface area contributed by atoms with E-state index >= 15 is 0 Å². The molecule has 2 rings (SSSR count). The molecule has 2 aliphatic heterocycles. The highest BCUT2D eigenvalue weighted by Gasteiger charge is 2.26. The summed E-state index contributed by atoms with van der Waals surface area (Å²) in [7, 11) is 0. The summed E-state index contributed by atoms with van der Waals surface area (Å²) in [6, 6.07) is 0. The van der Waals surface area contributed by atoms with Gasteiger partial charge >= 0.3 is 0 Å². The highest BCUT2D eigenvalue weighted by atomic mass is 16.2. The lowest BCUT2D eigenvalue weighted by Gasteiger charge is -2.28. The summed E-state index contributed by atoms with van der Waals surface area (Å²) in [5.41, 5.74) is 0. The van der Waals surface area contributed by atoms with E-state index in [1.807, 2.05) is 4.90 Å². The molecule has 1 amide bonds. The van der Waals surface area contributed by atoms with Gasteiger partial charge in [-0.05, 0) is 11.8 Å². The molecule has 2 aliphatic rings. The minimum Gasteiger partial charge on any atom is -0.340 e. The molecule has 0 radical (unpaired) electrons. The van der Waals surface area contributed by atoms with Crippen LogP contribution in [0.1, 0.15) is 20.3 Å². The van der Waals surface area contributed by atoms with Crippen molar-refractivity contribution >= 4 is 5.91 Å². The first-order chi connectivity index (χ1) is 8.16. The second-order valence-electron chi connectivity index (χ2n) is 5.59. The summed E-state index contributed by atoms with van der Waals surface area (Å²) in [6.07, 6.45) is 0.694. The maximum Gasteiger partial charge on any atom is 0.223 e. The van der Waals surface area contributed by atoms with E-state index in [4.69, 9.17) is 0 Å². The molecule has 17 heavy (non-hydrogen) atoms. The molecule has 0 spiro atoms. The van der Waals surface area contributed by atoms with Gasteiger partial charge in [0.05, 0.1) is 0 Å². The number of hydrogen-bond donors (Lipinski definition) is 1. The number of hydrogen-bond acceptors (Lipinski definition) is 3. The summed E-state index contributed by atoms with van der Waals surface area (Å²) in [6.45, 7) is 11.5. The molecular formula is C13H25N3O. The number of likely N-dealkylation sites (tertiary alicyclic amines) is 1. The molecule has 98 valence electrons. The van der Waals surface area contributed by atoms with E-state index in [1.54, 1.807) is 0 Å². The Balaban J connectivity index is 1.69. The third kappa shape index (κ3) is 3.42. The largest absolute Gasteiger partial charge is 0.340 e. The fraction of sp³-hybridized carbons (Fsp3) is 0.923. The third-order valence-corrected chi connectivity index (χ3v) is 4.18. The van der Waals surface area contributed by atoms with Gasteiger partial charge in [-0.25, -0.2) is 0 Å². The molecule has 0 bridgehead atoms. The average Bonchev–Trinajstić information content (AvgIpc) is 2.67. The molecule has 2 unspecified atom stereocenters. The fourth-order valence-electron chi connectivity index (χ4n) is 2.76. The van der Waals surface area contributed by atoms with Crippen LogP contribution in [0.5, 0.6) is 0 Å². The van der Waals surface area contributed by atoms with Crippen LogP contribution in [-0.4, -0.2) is 61.5 Å². The Hall–Kier alpha value is -0.610. The van der Waals surface area contributed by atoms with E-state index < -0.39 is 0 Å². The fourth-order valence-corrected chi connectivity index (χ4v) is 2.76. The second-order valence-corrected chi connectivity index (χ2v) is 5.59. The highest BCUT2D eigenvalue weighted by Crippen LogP contribution is 2.21. The molecule has 0 aromatic rings. The minimum atomic E-state index is 0.332. The third-order valence-electron chi connectivity index (χ3n) is 4.18. The van der Waals surface area contributed by atoms with E-state index in [0.717, 1.165) is 57.6 Å². The standard InChI is InChI=1S/C13H25N3O/c1-11-9-15(10-12(11)2)6-3-13(17)16-7-4-14-5-8-16/h11-12,14H,3-10H2,1-2H3. The summed E-state index contributed by atoms with van der Waals surface area (Å²) in [5.74, 6) is 1.90. The molecule has 4 nitrogen and oxygen atoms in total.